The van der Waals surface area contributed by atoms with Gasteiger partial charge in [-0.05, 0) is 38.8 Å². The SMILES string of the molecule is CCNC(=NCc1ccc(C)cc1OCC1CCOC1)NCc1ncc(C)s1. The molecule has 0 radical (unpaired) electrons. The van der Waals surface area contributed by atoms with E-state index in [4.69, 9.17) is 14.5 Å². The molecule has 1 aliphatic heterocycles. The summed E-state index contributed by atoms with van der Waals surface area (Å²) in [5.74, 6) is 2.19. The van der Waals surface area contributed by atoms with E-state index in [9.17, 15) is 0 Å². The van der Waals surface area contributed by atoms with Gasteiger partial charge in [0.15, 0.2) is 5.96 Å². The highest BCUT2D eigenvalue weighted by Crippen LogP contribution is 2.23. The number of nitrogens with zero attached hydrogens (tertiary/aromatic N) is 2. The van der Waals surface area contributed by atoms with Gasteiger partial charge >= 0.3 is 0 Å². The fourth-order valence-electron chi connectivity index (χ4n) is 3.00. The lowest BCUT2D eigenvalue weighted by molar-refractivity contribution is 0.166. The van der Waals surface area contributed by atoms with Crippen LogP contribution in [0.25, 0.3) is 0 Å². The molecule has 152 valence electrons. The van der Waals surface area contributed by atoms with Gasteiger partial charge < -0.3 is 20.1 Å². The summed E-state index contributed by atoms with van der Waals surface area (Å²) in [6.07, 6.45) is 2.97. The summed E-state index contributed by atoms with van der Waals surface area (Å²) >= 11 is 1.70. The molecule has 1 atom stereocenters. The number of thiazole rings is 1. The normalized spacial score (nSPS) is 17.0. The highest BCUT2D eigenvalue weighted by Gasteiger charge is 2.17. The van der Waals surface area contributed by atoms with Crippen molar-refractivity contribution in [3.8, 4) is 5.75 Å². The molecule has 1 unspecified atom stereocenters. The predicted molar refractivity (Wildman–Crippen MR) is 114 cm³/mol. The van der Waals surface area contributed by atoms with Crippen molar-refractivity contribution in [1.29, 1.82) is 0 Å². The Morgan fingerprint density at radius 2 is 2.25 bits per heavy atom. The third-order valence-corrected chi connectivity index (χ3v) is 5.46. The molecule has 1 aromatic carbocycles. The number of benzene rings is 1. The van der Waals surface area contributed by atoms with Crippen LogP contribution in [0, 0.1) is 19.8 Å². The quantitative estimate of drug-likeness (QED) is 0.523. The molecule has 1 fully saturated rings. The second-order valence-corrected chi connectivity index (χ2v) is 8.38. The third kappa shape index (κ3) is 6.21. The van der Waals surface area contributed by atoms with Crippen molar-refractivity contribution in [2.24, 2.45) is 10.9 Å². The molecule has 0 bridgehead atoms. The first kappa shape index (κ1) is 20.6. The number of guanidine groups is 1. The standard InChI is InChI=1S/C21H30N4O2S/c1-4-22-21(25-12-20-23-10-16(3)28-20)24-11-18-6-5-15(2)9-19(18)27-14-17-7-8-26-13-17/h5-6,9-10,17H,4,7-8,11-14H2,1-3H3,(H2,22,24,25). The second kappa shape index (κ2) is 10.4. The van der Waals surface area contributed by atoms with E-state index < -0.39 is 0 Å². The molecule has 0 amide bonds. The first-order chi connectivity index (χ1) is 13.6. The van der Waals surface area contributed by atoms with Gasteiger partial charge in [0.05, 0.1) is 26.3 Å². The van der Waals surface area contributed by atoms with Gasteiger partial charge in [-0.1, -0.05) is 12.1 Å². The van der Waals surface area contributed by atoms with Gasteiger partial charge in [0.1, 0.15) is 10.8 Å². The van der Waals surface area contributed by atoms with Crippen LogP contribution < -0.4 is 15.4 Å². The first-order valence-corrected chi connectivity index (χ1v) is 10.7. The van der Waals surface area contributed by atoms with Crippen molar-refractivity contribution in [2.45, 2.75) is 40.3 Å². The molecule has 0 saturated carbocycles. The minimum absolute atomic E-state index is 0.484. The fraction of sp³-hybridized carbons (Fsp3) is 0.524. The monoisotopic (exact) mass is 402 g/mol. The van der Waals surface area contributed by atoms with Crippen LogP contribution in [0.1, 0.15) is 34.4 Å². The van der Waals surface area contributed by atoms with E-state index in [0.717, 1.165) is 48.5 Å². The Hall–Kier alpha value is -2.12. The number of ether oxygens (including phenoxy) is 2. The molecular formula is C21H30N4O2S. The van der Waals surface area contributed by atoms with Gasteiger partial charge in [-0.25, -0.2) is 9.98 Å². The molecule has 0 aliphatic carbocycles. The Balaban J connectivity index is 1.63. The van der Waals surface area contributed by atoms with E-state index >= 15 is 0 Å². The zero-order valence-electron chi connectivity index (χ0n) is 17.0. The minimum Gasteiger partial charge on any atom is -0.493 e. The van der Waals surface area contributed by atoms with Crippen LogP contribution in [-0.4, -0.2) is 37.3 Å². The van der Waals surface area contributed by atoms with Crippen LogP contribution in [0.5, 0.6) is 5.75 Å². The van der Waals surface area contributed by atoms with Gasteiger partial charge in [0, 0.05) is 35.7 Å². The predicted octanol–water partition coefficient (Wildman–Crippen LogP) is 3.43. The van der Waals surface area contributed by atoms with E-state index in [1.165, 1.54) is 10.4 Å². The summed E-state index contributed by atoms with van der Waals surface area (Å²) in [7, 11) is 0. The largest absolute Gasteiger partial charge is 0.493 e. The van der Waals surface area contributed by atoms with Crippen molar-refractivity contribution in [3.63, 3.8) is 0 Å². The van der Waals surface area contributed by atoms with Gasteiger partial charge in [-0.3, -0.25) is 0 Å². The topological polar surface area (TPSA) is 67.8 Å². The molecule has 2 heterocycles. The zero-order valence-corrected chi connectivity index (χ0v) is 17.8. The molecule has 7 heteroatoms. The summed E-state index contributed by atoms with van der Waals surface area (Å²) in [5, 5.41) is 7.71. The lowest BCUT2D eigenvalue weighted by Gasteiger charge is -2.15. The third-order valence-electron chi connectivity index (χ3n) is 4.55. The summed E-state index contributed by atoms with van der Waals surface area (Å²) in [6.45, 7) is 10.6. The molecule has 6 nitrogen and oxygen atoms in total. The first-order valence-electron chi connectivity index (χ1n) is 9.87. The number of hydrogen-bond donors (Lipinski definition) is 2. The molecule has 2 aromatic rings. The molecule has 2 N–H and O–H groups in total. The molecule has 1 aliphatic rings. The summed E-state index contributed by atoms with van der Waals surface area (Å²) < 4.78 is 11.6. The zero-order chi connectivity index (χ0) is 19.8. The van der Waals surface area contributed by atoms with Crippen LogP contribution in [0.15, 0.2) is 29.4 Å². The van der Waals surface area contributed by atoms with Crippen molar-refractivity contribution in [2.75, 3.05) is 26.4 Å². The molecule has 28 heavy (non-hydrogen) atoms. The van der Waals surface area contributed by atoms with Crippen molar-refractivity contribution < 1.29 is 9.47 Å². The van der Waals surface area contributed by atoms with Crippen LogP contribution in [0.4, 0.5) is 0 Å². The van der Waals surface area contributed by atoms with Crippen molar-refractivity contribution >= 4 is 17.3 Å². The number of rotatable bonds is 8. The second-order valence-electron chi connectivity index (χ2n) is 7.07. The van der Waals surface area contributed by atoms with E-state index in [-0.39, 0.29) is 0 Å². The van der Waals surface area contributed by atoms with Gasteiger partial charge in [-0.15, -0.1) is 11.3 Å². The average molecular weight is 403 g/mol. The van der Waals surface area contributed by atoms with E-state index in [1.54, 1.807) is 11.3 Å². The summed E-state index contributed by atoms with van der Waals surface area (Å²) in [6, 6.07) is 6.31. The molecule has 1 saturated heterocycles. The van der Waals surface area contributed by atoms with Crippen LogP contribution in [0.2, 0.25) is 0 Å². The van der Waals surface area contributed by atoms with Gasteiger partial charge in [-0.2, -0.15) is 0 Å². The highest BCUT2D eigenvalue weighted by atomic mass is 32.1. The Morgan fingerprint density at radius 1 is 1.36 bits per heavy atom. The van der Waals surface area contributed by atoms with Crippen molar-refractivity contribution in [3.05, 3.63) is 45.4 Å². The number of nitrogens with one attached hydrogen (secondary N) is 2. The molecule has 1 aromatic heterocycles. The van der Waals surface area contributed by atoms with Gasteiger partial charge in [0.2, 0.25) is 0 Å². The maximum atomic E-state index is 6.13. The smallest absolute Gasteiger partial charge is 0.191 e. The lowest BCUT2D eigenvalue weighted by Crippen LogP contribution is -2.36. The number of aromatic nitrogens is 1. The van der Waals surface area contributed by atoms with Crippen molar-refractivity contribution in [1.82, 2.24) is 15.6 Å². The molecular weight excluding hydrogens is 372 g/mol. The Bertz CT molecular complexity index is 784. The summed E-state index contributed by atoms with van der Waals surface area (Å²) in [4.78, 5) is 10.4. The minimum atomic E-state index is 0.484. The Labute approximate surface area is 171 Å². The maximum Gasteiger partial charge on any atom is 0.191 e. The Morgan fingerprint density at radius 3 is 2.96 bits per heavy atom. The molecule has 0 spiro atoms. The highest BCUT2D eigenvalue weighted by molar-refractivity contribution is 7.11. The average Bonchev–Trinajstić information content (AvgIpc) is 3.35. The number of hydrogen-bond acceptors (Lipinski definition) is 5. The van der Waals surface area contributed by atoms with E-state index in [2.05, 4.69) is 54.6 Å². The van der Waals surface area contributed by atoms with Crippen LogP contribution in [-0.2, 0) is 17.8 Å². The number of aryl methyl sites for hydroxylation is 2. The lowest BCUT2D eigenvalue weighted by atomic mass is 10.1. The number of aliphatic imine (C=N–C) groups is 1. The Kier molecular flexibility index (Phi) is 7.68. The van der Waals surface area contributed by atoms with E-state index in [1.807, 2.05) is 6.20 Å². The molecule has 3 rings (SSSR count). The van der Waals surface area contributed by atoms with Crippen LogP contribution >= 0.6 is 11.3 Å². The maximum absolute atomic E-state index is 6.13. The van der Waals surface area contributed by atoms with E-state index in [0.29, 0.717) is 25.6 Å². The summed E-state index contributed by atoms with van der Waals surface area (Å²) in [5.41, 5.74) is 2.28. The van der Waals surface area contributed by atoms with Gasteiger partial charge in [0.25, 0.3) is 0 Å². The van der Waals surface area contributed by atoms with Crippen LogP contribution in [0.3, 0.4) is 0 Å². The fourth-order valence-corrected chi connectivity index (χ4v) is 3.72.